The molecule has 0 spiro atoms. The molecule has 1 aliphatic rings. The second-order valence-electron chi connectivity index (χ2n) is 4.54. The highest BCUT2D eigenvalue weighted by molar-refractivity contribution is 7.88. The molecule has 0 aromatic carbocycles. The minimum absolute atomic E-state index is 0.570. The number of nitrogens with two attached hydrogens (primary N) is 1. The van der Waals surface area contributed by atoms with Crippen molar-refractivity contribution in [1.82, 2.24) is 19.0 Å². The zero-order valence-electron chi connectivity index (χ0n) is 10.5. The van der Waals surface area contributed by atoms with Gasteiger partial charge in [-0.25, -0.2) is 8.42 Å². The van der Waals surface area contributed by atoms with Gasteiger partial charge in [-0.2, -0.15) is 9.40 Å². The molecule has 1 fully saturated rings. The number of aromatic nitrogens is 2. The fourth-order valence-corrected chi connectivity index (χ4v) is 2.86. The van der Waals surface area contributed by atoms with Crippen LogP contribution in [-0.2, 0) is 16.6 Å². The lowest BCUT2D eigenvalue weighted by molar-refractivity contribution is 0.181. The van der Waals surface area contributed by atoms with E-state index in [1.807, 2.05) is 0 Å². The van der Waals surface area contributed by atoms with Crippen LogP contribution in [0.2, 0.25) is 0 Å². The summed E-state index contributed by atoms with van der Waals surface area (Å²) in [4.78, 5) is 2.24. The molecule has 2 heterocycles. The van der Waals surface area contributed by atoms with Crippen LogP contribution in [0.15, 0.2) is 12.4 Å². The van der Waals surface area contributed by atoms with Gasteiger partial charge in [0.25, 0.3) is 0 Å². The van der Waals surface area contributed by atoms with E-state index >= 15 is 0 Å². The molecule has 0 bridgehead atoms. The minimum atomic E-state index is -3.04. The van der Waals surface area contributed by atoms with E-state index in [1.54, 1.807) is 17.1 Å². The minimum Gasteiger partial charge on any atom is -0.396 e. The van der Waals surface area contributed by atoms with Crippen LogP contribution in [-0.4, -0.2) is 66.4 Å². The van der Waals surface area contributed by atoms with Crippen LogP contribution >= 0.6 is 0 Å². The summed E-state index contributed by atoms with van der Waals surface area (Å²) in [5.74, 6) is 0. The van der Waals surface area contributed by atoms with Gasteiger partial charge in [-0.05, 0) is 0 Å². The first-order valence-corrected chi connectivity index (χ1v) is 7.75. The molecule has 2 N–H and O–H groups in total. The van der Waals surface area contributed by atoms with E-state index < -0.39 is 10.0 Å². The summed E-state index contributed by atoms with van der Waals surface area (Å²) in [7, 11) is -3.04. The maximum Gasteiger partial charge on any atom is 0.211 e. The maximum absolute atomic E-state index is 11.4. The highest BCUT2D eigenvalue weighted by Crippen LogP contribution is 2.06. The number of piperazine rings is 1. The molecule has 8 heteroatoms. The first-order chi connectivity index (χ1) is 8.45. The van der Waals surface area contributed by atoms with Gasteiger partial charge < -0.3 is 5.73 Å². The molecule has 1 saturated heterocycles. The zero-order valence-corrected chi connectivity index (χ0v) is 11.3. The molecule has 0 amide bonds. The summed E-state index contributed by atoms with van der Waals surface area (Å²) >= 11 is 0. The van der Waals surface area contributed by atoms with E-state index in [0.717, 1.165) is 26.2 Å². The van der Waals surface area contributed by atoms with E-state index in [0.29, 0.717) is 18.8 Å². The van der Waals surface area contributed by atoms with Crippen molar-refractivity contribution >= 4 is 15.7 Å². The number of anilines is 1. The number of rotatable bonds is 4. The summed E-state index contributed by atoms with van der Waals surface area (Å²) in [6.45, 7) is 4.31. The zero-order chi connectivity index (χ0) is 13.2. The van der Waals surface area contributed by atoms with Gasteiger partial charge in [0.05, 0.1) is 24.7 Å². The third-order valence-corrected chi connectivity index (χ3v) is 4.40. The fourth-order valence-electron chi connectivity index (χ4n) is 2.03. The summed E-state index contributed by atoms with van der Waals surface area (Å²) < 4.78 is 26.0. The lowest BCUT2D eigenvalue weighted by Gasteiger charge is -2.33. The fraction of sp³-hybridized carbons (Fsp3) is 0.700. The summed E-state index contributed by atoms with van der Waals surface area (Å²) in [6, 6.07) is 0. The predicted molar refractivity (Wildman–Crippen MR) is 69.5 cm³/mol. The van der Waals surface area contributed by atoms with Gasteiger partial charge in [0.1, 0.15) is 0 Å². The van der Waals surface area contributed by atoms with Gasteiger partial charge in [-0.3, -0.25) is 9.58 Å². The third-order valence-electron chi connectivity index (χ3n) is 3.10. The van der Waals surface area contributed by atoms with Crippen LogP contribution < -0.4 is 5.73 Å². The van der Waals surface area contributed by atoms with Crippen LogP contribution in [0.5, 0.6) is 0 Å². The first kappa shape index (κ1) is 13.3. The van der Waals surface area contributed by atoms with Gasteiger partial charge in [-0.15, -0.1) is 0 Å². The standard InChI is InChI=1S/C10H19N5O2S/c1-18(16,17)15-6-3-13(4-7-15)2-5-14-9-10(11)8-12-14/h8-9H,2-7,11H2,1H3. The van der Waals surface area contributed by atoms with Gasteiger partial charge >= 0.3 is 0 Å². The Morgan fingerprint density at radius 2 is 1.94 bits per heavy atom. The Hall–Kier alpha value is -1.12. The van der Waals surface area contributed by atoms with Crippen molar-refractivity contribution in [2.45, 2.75) is 6.54 Å². The average molecular weight is 273 g/mol. The summed E-state index contributed by atoms with van der Waals surface area (Å²) in [5.41, 5.74) is 6.25. The molecule has 0 aliphatic carbocycles. The molecule has 102 valence electrons. The predicted octanol–water partition coefficient (Wildman–Crippen LogP) is -0.957. The molecule has 0 saturated carbocycles. The van der Waals surface area contributed by atoms with E-state index in [1.165, 1.54) is 10.6 Å². The average Bonchev–Trinajstić information content (AvgIpc) is 2.72. The second kappa shape index (κ2) is 5.25. The largest absolute Gasteiger partial charge is 0.396 e. The lowest BCUT2D eigenvalue weighted by atomic mass is 10.3. The number of hydrogen-bond acceptors (Lipinski definition) is 5. The molecule has 1 aliphatic heterocycles. The van der Waals surface area contributed by atoms with Crippen molar-refractivity contribution in [3.63, 3.8) is 0 Å². The monoisotopic (exact) mass is 273 g/mol. The van der Waals surface area contributed by atoms with Gasteiger partial charge in [0.15, 0.2) is 0 Å². The van der Waals surface area contributed by atoms with Gasteiger partial charge in [0, 0.05) is 38.9 Å². The smallest absolute Gasteiger partial charge is 0.211 e. The summed E-state index contributed by atoms with van der Waals surface area (Å²) in [5, 5.41) is 4.11. The first-order valence-electron chi connectivity index (χ1n) is 5.90. The Labute approximate surface area is 107 Å². The maximum atomic E-state index is 11.4. The molecule has 7 nitrogen and oxygen atoms in total. The molecule has 2 rings (SSSR count). The number of nitrogens with zero attached hydrogens (tertiary/aromatic N) is 4. The molecule has 1 aromatic heterocycles. The van der Waals surface area contributed by atoms with Crippen LogP contribution in [0.4, 0.5) is 5.69 Å². The van der Waals surface area contributed by atoms with Gasteiger partial charge in [-0.1, -0.05) is 0 Å². The Bertz CT molecular complexity index is 490. The molecule has 0 atom stereocenters. The van der Waals surface area contributed by atoms with Crippen molar-refractivity contribution < 1.29 is 8.42 Å². The van der Waals surface area contributed by atoms with Crippen molar-refractivity contribution in [3.8, 4) is 0 Å². The SMILES string of the molecule is CS(=O)(=O)N1CCN(CCn2cc(N)cn2)CC1. The molecule has 1 aromatic rings. The van der Waals surface area contributed by atoms with E-state index in [-0.39, 0.29) is 0 Å². The Kier molecular flexibility index (Phi) is 3.88. The normalized spacial score (nSPS) is 19.2. The molecule has 0 unspecified atom stereocenters. The topological polar surface area (TPSA) is 84.5 Å². The Morgan fingerprint density at radius 3 is 2.44 bits per heavy atom. The lowest BCUT2D eigenvalue weighted by Crippen LogP contribution is -2.48. The summed E-state index contributed by atoms with van der Waals surface area (Å²) in [6.07, 6.45) is 4.68. The van der Waals surface area contributed by atoms with Crippen molar-refractivity contribution in [2.75, 3.05) is 44.7 Å². The van der Waals surface area contributed by atoms with Crippen molar-refractivity contribution in [3.05, 3.63) is 12.4 Å². The molecule has 18 heavy (non-hydrogen) atoms. The van der Waals surface area contributed by atoms with E-state index in [4.69, 9.17) is 5.73 Å². The van der Waals surface area contributed by atoms with Crippen LogP contribution in [0.25, 0.3) is 0 Å². The number of sulfonamides is 1. The van der Waals surface area contributed by atoms with Crippen molar-refractivity contribution in [2.24, 2.45) is 0 Å². The quantitative estimate of drug-likeness (QED) is 0.764. The highest BCUT2D eigenvalue weighted by Gasteiger charge is 2.22. The molecular formula is C10H19N5O2S. The van der Waals surface area contributed by atoms with E-state index in [2.05, 4.69) is 10.00 Å². The van der Waals surface area contributed by atoms with Crippen LogP contribution in [0, 0.1) is 0 Å². The van der Waals surface area contributed by atoms with Crippen molar-refractivity contribution in [1.29, 1.82) is 0 Å². The second-order valence-corrected chi connectivity index (χ2v) is 6.52. The highest BCUT2D eigenvalue weighted by atomic mass is 32.2. The molecular weight excluding hydrogens is 254 g/mol. The number of nitrogen functional groups attached to an aromatic ring is 1. The van der Waals surface area contributed by atoms with Gasteiger partial charge in [0.2, 0.25) is 10.0 Å². The van der Waals surface area contributed by atoms with E-state index in [9.17, 15) is 8.42 Å². The Balaban J connectivity index is 1.77. The van der Waals surface area contributed by atoms with Crippen LogP contribution in [0.3, 0.4) is 0 Å². The molecule has 0 radical (unpaired) electrons. The Morgan fingerprint density at radius 1 is 1.28 bits per heavy atom. The third kappa shape index (κ3) is 3.44. The van der Waals surface area contributed by atoms with Crippen LogP contribution in [0.1, 0.15) is 0 Å². The number of hydrogen-bond donors (Lipinski definition) is 1.